The van der Waals surface area contributed by atoms with Crippen molar-refractivity contribution in [2.24, 2.45) is 0 Å². The first-order chi connectivity index (χ1) is 11.6. The Morgan fingerprint density at radius 1 is 1.25 bits per heavy atom. The molecule has 24 heavy (non-hydrogen) atoms. The topological polar surface area (TPSA) is 91.6 Å². The van der Waals surface area contributed by atoms with Crippen molar-refractivity contribution in [1.29, 1.82) is 0 Å². The number of carbonyl (C=O) groups excluding carboxylic acids is 2. The number of hydrogen-bond donors (Lipinski definition) is 1. The fourth-order valence-electron chi connectivity index (χ4n) is 2.57. The maximum atomic E-state index is 12.2. The van der Waals surface area contributed by atoms with Crippen molar-refractivity contribution in [3.05, 3.63) is 42.2 Å². The first-order valence-electron chi connectivity index (χ1n) is 7.76. The van der Waals surface area contributed by atoms with Crippen molar-refractivity contribution < 1.29 is 14.0 Å². The van der Waals surface area contributed by atoms with Crippen LogP contribution in [0.15, 0.2) is 35.2 Å². The van der Waals surface area contributed by atoms with Crippen molar-refractivity contribution in [3.8, 4) is 0 Å². The molecule has 2 aromatic rings. The predicted octanol–water partition coefficient (Wildman–Crippen LogP) is 0.668. The second kappa shape index (κ2) is 7.12. The molecule has 8 heteroatoms. The second-order valence-corrected chi connectivity index (χ2v) is 5.52. The molecule has 0 spiro atoms. The van der Waals surface area contributed by atoms with Crippen molar-refractivity contribution in [2.75, 3.05) is 31.1 Å². The van der Waals surface area contributed by atoms with Crippen LogP contribution in [0.25, 0.3) is 0 Å². The Balaban J connectivity index is 1.61. The van der Waals surface area contributed by atoms with Gasteiger partial charge >= 0.3 is 0 Å². The van der Waals surface area contributed by atoms with Gasteiger partial charge in [-0.2, -0.15) is 0 Å². The summed E-state index contributed by atoms with van der Waals surface area (Å²) >= 11 is 0. The molecule has 1 aliphatic rings. The molecule has 0 bridgehead atoms. The van der Waals surface area contributed by atoms with E-state index in [-0.39, 0.29) is 11.8 Å². The molecule has 0 radical (unpaired) electrons. The minimum absolute atomic E-state index is 0.0790. The fraction of sp³-hybridized carbons (Fsp3) is 0.375. The van der Waals surface area contributed by atoms with E-state index < -0.39 is 0 Å². The zero-order valence-corrected chi connectivity index (χ0v) is 13.4. The molecule has 0 aromatic carbocycles. The molecule has 1 N–H and O–H groups in total. The Hall–Kier alpha value is -2.90. The van der Waals surface area contributed by atoms with Crippen LogP contribution in [-0.2, 0) is 11.3 Å². The normalized spacial score (nSPS) is 14.5. The maximum Gasteiger partial charge on any atom is 0.270 e. The van der Waals surface area contributed by atoms with Gasteiger partial charge in [0.15, 0.2) is 0 Å². The van der Waals surface area contributed by atoms with Gasteiger partial charge < -0.3 is 19.5 Å². The van der Waals surface area contributed by atoms with Crippen LogP contribution in [0.5, 0.6) is 0 Å². The Morgan fingerprint density at radius 3 is 2.71 bits per heavy atom. The number of furan rings is 1. The average Bonchev–Trinajstić information content (AvgIpc) is 3.13. The molecular weight excluding hydrogens is 310 g/mol. The number of carbonyl (C=O) groups is 2. The van der Waals surface area contributed by atoms with E-state index in [1.54, 1.807) is 36.3 Å². The van der Waals surface area contributed by atoms with E-state index in [9.17, 15) is 9.59 Å². The van der Waals surface area contributed by atoms with Crippen LogP contribution in [0.4, 0.5) is 5.82 Å². The van der Waals surface area contributed by atoms with Crippen LogP contribution in [0.1, 0.15) is 23.2 Å². The van der Waals surface area contributed by atoms with Gasteiger partial charge in [0.2, 0.25) is 5.91 Å². The van der Waals surface area contributed by atoms with Crippen molar-refractivity contribution in [1.82, 2.24) is 20.2 Å². The highest BCUT2D eigenvalue weighted by atomic mass is 16.3. The number of nitrogens with one attached hydrogen (secondary N) is 1. The molecule has 0 unspecified atom stereocenters. The van der Waals surface area contributed by atoms with Crippen LogP contribution >= 0.6 is 0 Å². The summed E-state index contributed by atoms with van der Waals surface area (Å²) in [5, 5.41) is 2.76. The Labute approximate surface area is 139 Å². The van der Waals surface area contributed by atoms with Crippen LogP contribution in [0, 0.1) is 0 Å². The van der Waals surface area contributed by atoms with Gasteiger partial charge in [-0.1, -0.05) is 0 Å². The molecule has 3 rings (SSSR count). The summed E-state index contributed by atoms with van der Waals surface area (Å²) in [6.45, 7) is 4.55. The lowest BCUT2D eigenvalue weighted by Gasteiger charge is -2.34. The van der Waals surface area contributed by atoms with E-state index >= 15 is 0 Å². The van der Waals surface area contributed by atoms with Crippen LogP contribution in [0.2, 0.25) is 0 Å². The van der Waals surface area contributed by atoms with Crippen molar-refractivity contribution in [3.63, 3.8) is 0 Å². The minimum atomic E-state index is -0.280. The van der Waals surface area contributed by atoms with Gasteiger partial charge in [-0.15, -0.1) is 0 Å². The minimum Gasteiger partial charge on any atom is -0.467 e. The molecule has 126 valence electrons. The van der Waals surface area contributed by atoms with Crippen molar-refractivity contribution in [2.45, 2.75) is 13.5 Å². The predicted molar refractivity (Wildman–Crippen MR) is 86.4 cm³/mol. The quantitative estimate of drug-likeness (QED) is 0.886. The lowest BCUT2D eigenvalue weighted by atomic mass is 10.3. The number of rotatable bonds is 4. The molecule has 1 aliphatic heterocycles. The number of amides is 2. The summed E-state index contributed by atoms with van der Waals surface area (Å²) in [6, 6.07) is 5.23. The van der Waals surface area contributed by atoms with Gasteiger partial charge in [0.25, 0.3) is 5.91 Å². The highest BCUT2D eigenvalue weighted by molar-refractivity contribution is 5.92. The Kier molecular flexibility index (Phi) is 4.74. The zero-order chi connectivity index (χ0) is 16.9. The standard InChI is InChI=1S/C16H19N5O3/c1-12(22)20-4-6-21(7-5-20)15-9-14(18-11-19-15)16(23)17-10-13-3-2-8-24-13/h2-3,8-9,11H,4-7,10H2,1H3,(H,17,23). The third kappa shape index (κ3) is 3.70. The van der Waals surface area contributed by atoms with Crippen LogP contribution in [-0.4, -0.2) is 52.9 Å². The molecule has 8 nitrogen and oxygen atoms in total. The van der Waals surface area contributed by atoms with Gasteiger partial charge in [0.05, 0.1) is 12.8 Å². The van der Waals surface area contributed by atoms with Gasteiger partial charge in [-0.05, 0) is 12.1 Å². The molecule has 1 saturated heterocycles. The Bertz CT molecular complexity index is 708. The molecular formula is C16H19N5O3. The summed E-state index contributed by atoms with van der Waals surface area (Å²) in [7, 11) is 0. The number of aromatic nitrogens is 2. The molecule has 1 fully saturated rings. The smallest absolute Gasteiger partial charge is 0.270 e. The van der Waals surface area contributed by atoms with Crippen LogP contribution < -0.4 is 10.2 Å². The number of nitrogens with zero attached hydrogens (tertiary/aromatic N) is 4. The van der Waals surface area contributed by atoms with Crippen molar-refractivity contribution >= 4 is 17.6 Å². The van der Waals surface area contributed by atoms with E-state index in [1.807, 2.05) is 4.90 Å². The second-order valence-electron chi connectivity index (χ2n) is 5.52. The lowest BCUT2D eigenvalue weighted by Crippen LogP contribution is -2.48. The molecule has 0 atom stereocenters. The van der Waals surface area contributed by atoms with E-state index in [0.29, 0.717) is 50.0 Å². The average molecular weight is 329 g/mol. The summed E-state index contributed by atoms with van der Waals surface area (Å²) in [5.41, 5.74) is 0.306. The summed E-state index contributed by atoms with van der Waals surface area (Å²) in [5.74, 6) is 1.17. The molecule has 2 aromatic heterocycles. The lowest BCUT2D eigenvalue weighted by molar-refractivity contribution is -0.129. The largest absolute Gasteiger partial charge is 0.467 e. The third-order valence-electron chi connectivity index (χ3n) is 3.94. The molecule has 0 saturated carbocycles. The summed E-state index contributed by atoms with van der Waals surface area (Å²) in [4.78, 5) is 35.7. The molecule has 3 heterocycles. The number of piperazine rings is 1. The van der Waals surface area contributed by atoms with Gasteiger partial charge in [0.1, 0.15) is 23.6 Å². The summed E-state index contributed by atoms with van der Waals surface area (Å²) in [6.07, 6.45) is 2.94. The van der Waals surface area contributed by atoms with Gasteiger partial charge in [-0.25, -0.2) is 9.97 Å². The third-order valence-corrected chi connectivity index (χ3v) is 3.94. The SMILES string of the molecule is CC(=O)N1CCN(c2cc(C(=O)NCc3ccco3)ncn2)CC1. The first kappa shape index (κ1) is 16.0. The monoisotopic (exact) mass is 329 g/mol. The van der Waals surface area contributed by atoms with E-state index in [2.05, 4.69) is 15.3 Å². The van der Waals surface area contributed by atoms with Crippen LogP contribution in [0.3, 0.4) is 0 Å². The maximum absolute atomic E-state index is 12.2. The number of hydrogen-bond acceptors (Lipinski definition) is 6. The summed E-state index contributed by atoms with van der Waals surface area (Å²) < 4.78 is 5.18. The highest BCUT2D eigenvalue weighted by Gasteiger charge is 2.20. The van der Waals surface area contributed by atoms with E-state index in [4.69, 9.17) is 4.42 Å². The van der Waals surface area contributed by atoms with Gasteiger partial charge in [-0.3, -0.25) is 9.59 Å². The van der Waals surface area contributed by atoms with Gasteiger partial charge in [0, 0.05) is 39.2 Å². The number of anilines is 1. The molecule has 2 amide bonds. The Morgan fingerprint density at radius 2 is 2.04 bits per heavy atom. The van der Waals surface area contributed by atoms with E-state index in [1.165, 1.54) is 6.33 Å². The zero-order valence-electron chi connectivity index (χ0n) is 13.4. The first-order valence-corrected chi connectivity index (χ1v) is 7.76. The highest BCUT2D eigenvalue weighted by Crippen LogP contribution is 2.14. The fourth-order valence-corrected chi connectivity index (χ4v) is 2.57. The molecule has 0 aliphatic carbocycles. The van der Waals surface area contributed by atoms with E-state index in [0.717, 1.165) is 0 Å².